The fourth-order valence-corrected chi connectivity index (χ4v) is 5.54. The van der Waals surface area contributed by atoms with Crippen LogP contribution >= 0.6 is 11.6 Å². The molecule has 15 heavy (non-hydrogen) atoms. The summed E-state index contributed by atoms with van der Waals surface area (Å²) in [6.07, 6.45) is 7.64. The molecular weight excluding hydrogens is 208 g/mol. The molecule has 0 N–H and O–H groups in total. The highest BCUT2D eigenvalue weighted by molar-refractivity contribution is 6.24. The second-order valence-electron chi connectivity index (χ2n) is 6.17. The van der Waals surface area contributed by atoms with Crippen molar-refractivity contribution in [1.29, 1.82) is 0 Å². The topological polar surface area (TPSA) is 17.1 Å². The Morgan fingerprint density at radius 1 is 1.27 bits per heavy atom. The maximum atomic E-state index is 12.1. The van der Waals surface area contributed by atoms with E-state index >= 15 is 0 Å². The summed E-state index contributed by atoms with van der Waals surface area (Å²) in [6, 6.07) is 0. The average molecular weight is 227 g/mol. The summed E-state index contributed by atoms with van der Waals surface area (Å²) in [5, 5.41) is 0. The van der Waals surface area contributed by atoms with Gasteiger partial charge in [-0.15, -0.1) is 11.6 Å². The number of rotatable bonds is 2. The molecule has 1 nitrogen and oxygen atoms in total. The van der Waals surface area contributed by atoms with Gasteiger partial charge >= 0.3 is 0 Å². The van der Waals surface area contributed by atoms with E-state index in [0.29, 0.717) is 12.2 Å². The molecule has 0 aromatic carbocycles. The van der Waals surface area contributed by atoms with Gasteiger partial charge in [0.2, 0.25) is 0 Å². The van der Waals surface area contributed by atoms with E-state index in [1.54, 1.807) is 0 Å². The lowest BCUT2D eigenvalue weighted by Gasteiger charge is -2.59. The molecule has 0 saturated heterocycles. The molecule has 4 rings (SSSR count). The van der Waals surface area contributed by atoms with Crippen LogP contribution in [-0.2, 0) is 4.79 Å². The number of hydrogen-bond acceptors (Lipinski definition) is 1. The second-order valence-corrected chi connectivity index (χ2v) is 6.97. The van der Waals surface area contributed by atoms with E-state index in [-0.39, 0.29) is 10.3 Å². The van der Waals surface area contributed by atoms with Gasteiger partial charge in [-0.1, -0.05) is 6.92 Å². The summed E-state index contributed by atoms with van der Waals surface area (Å²) in [4.78, 5) is 12.1. The predicted octanol–water partition coefficient (Wildman–Crippen LogP) is 3.54. The summed E-state index contributed by atoms with van der Waals surface area (Å²) < 4.78 is 0. The first-order valence-electron chi connectivity index (χ1n) is 6.27. The van der Waals surface area contributed by atoms with E-state index in [2.05, 4.69) is 0 Å². The molecule has 4 saturated carbocycles. The highest BCUT2D eigenvalue weighted by Gasteiger charge is 2.59. The molecule has 0 aromatic heterocycles. The van der Waals surface area contributed by atoms with Gasteiger partial charge in [0.1, 0.15) is 5.78 Å². The SMILES string of the molecule is CCC(=O)C12CC3CC(CC(Cl)(C3)C1)C2. The number of hydrogen-bond donors (Lipinski definition) is 0. The molecule has 0 aliphatic heterocycles. The van der Waals surface area contributed by atoms with Crippen molar-refractivity contribution < 1.29 is 4.79 Å². The summed E-state index contributed by atoms with van der Waals surface area (Å²) in [6.45, 7) is 2.00. The molecule has 4 aliphatic carbocycles. The molecule has 4 aliphatic rings. The molecule has 2 heteroatoms. The number of Topliss-reactive ketones (excluding diaryl/α,β-unsaturated/α-hetero) is 1. The first kappa shape index (κ1) is 10.1. The number of ketones is 1. The summed E-state index contributed by atoms with van der Waals surface area (Å²) in [5.74, 6) is 1.99. The van der Waals surface area contributed by atoms with Crippen molar-refractivity contribution >= 4 is 17.4 Å². The number of carbonyl (C=O) groups is 1. The third kappa shape index (κ3) is 1.39. The van der Waals surface area contributed by atoms with Gasteiger partial charge in [0.15, 0.2) is 0 Å². The van der Waals surface area contributed by atoms with E-state index < -0.39 is 0 Å². The van der Waals surface area contributed by atoms with Gasteiger partial charge in [-0.3, -0.25) is 4.79 Å². The molecule has 0 radical (unpaired) electrons. The zero-order valence-electron chi connectivity index (χ0n) is 9.39. The van der Waals surface area contributed by atoms with E-state index in [1.165, 1.54) is 19.3 Å². The van der Waals surface area contributed by atoms with Gasteiger partial charge in [-0.25, -0.2) is 0 Å². The minimum Gasteiger partial charge on any atom is -0.299 e. The second kappa shape index (κ2) is 3.00. The van der Waals surface area contributed by atoms with Gasteiger partial charge in [0.05, 0.1) is 0 Å². The van der Waals surface area contributed by atoms with Crippen molar-refractivity contribution in [3.8, 4) is 0 Å². The molecule has 2 atom stereocenters. The molecule has 0 spiro atoms. The average Bonchev–Trinajstić information content (AvgIpc) is 2.12. The quantitative estimate of drug-likeness (QED) is 0.659. The van der Waals surface area contributed by atoms with Crippen molar-refractivity contribution in [3.05, 3.63) is 0 Å². The van der Waals surface area contributed by atoms with E-state index in [9.17, 15) is 4.79 Å². The van der Waals surface area contributed by atoms with E-state index in [0.717, 1.165) is 31.1 Å². The smallest absolute Gasteiger partial charge is 0.138 e. The fourth-order valence-electron chi connectivity index (χ4n) is 4.85. The van der Waals surface area contributed by atoms with Crippen LogP contribution in [0, 0.1) is 17.3 Å². The van der Waals surface area contributed by atoms with Crippen LogP contribution in [0.15, 0.2) is 0 Å². The molecule has 2 unspecified atom stereocenters. The fraction of sp³-hybridized carbons (Fsp3) is 0.923. The van der Waals surface area contributed by atoms with E-state index in [4.69, 9.17) is 11.6 Å². The van der Waals surface area contributed by atoms with Crippen molar-refractivity contribution in [2.24, 2.45) is 17.3 Å². The standard InChI is InChI=1S/C13H19ClO/c1-2-11(15)12-4-9-3-10(5-12)7-13(14,6-9)8-12/h9-10H,2-8H2,1H3. The van der Waals surface area contributed by atoms with Crippen LogP contribution < -0.4 is 0 Å². The molecule has 0 amide bonds. The Morgan fingerprint density at radius 3 is 2.33 bits per heavy atom. The monoisotopic (exact) mass is 226 g/mol. The minimum absolute atomic E-state index is 0.000579. The lowest BCUT2D eigenvalue weighted by molar-refractivity contribution is -0.141. The molecular formula is C13H19ClO. The summed E-state index contributed by atoms with van der Waals surface area (Å²) >= 11 is 6.67. The van der Waals surface area contributed by atoms with Crippen LogP contribution in [0.5, 0.6) is 0 Å². The molecule has 0 heterocycles. The van der Waals surface area contributed by atoms with Crippen molar-refractivity contribution in [2.45, 2.75) is 56.7 Å². The Hall–Kier alpha value is -0.0400. The third-order valence-electron chi connectivity index (χ3n) is 4.90. The lowest BCUT2D eigenvalue weighted by Crippen LogP contribution is -2.55. The molecule has 84 valence electrons. The van der Waals surface area contributed by atoms with Crippen molar-refractivity contribution in [1.82, 2.24) is 0 Å². The maximum Gasteiger partial charge on any atom is 0.138 e. The zero-order valence-corrected chi connectivity index (χ0v) is 10.1. The van der Waals surface area contributed by atoms with Crippen LogP contribution in [0.2, 0.25) is 0 Å². The largest absolute Gasteiger partial charge is 0.299 e. The van der Waals surface area contributed by atoms with Gasteiger partial charge < -0.3 is 0 Å². The summed E-state index contributed by atoms with van der Waals surface area (Å²) in [7, 11) is 0. The first-order valence-corrected chi connectivity index (χ1v) is 6.65. The summed E-state index contributed by atoms with van der Waals surface area (Å²) in [5.41, 5.74) is 0.000579. The predicted molar refractivity (Wildman–Crippen MR) is 61.0 cm³/mol. The third-order valence-corrected chi connectivity index (χ3v) is 5.34. The molecule has 0 aromatic rings. The molecule has 4 bridgehead atoms. The van der Waals surface area contributed by atoms with Gasteiger partial charge in [-0.2, -0.15) is 0 Å². The highest BCUT2D eigenvalue weighted by atomic mass is 35.5. The Kier molecular flexibility index (Phi) is 2.03. The van der Waals surface area contributed by atoms with Crippen LogP contribution in [0.4, 0.5) is 0 Å². The van der Waals surface area contributed by atoms with Crippen LogP contribution in [0.25, 0.3) is 0 Å². The highest BCUT2D eigenvalue weighted by Crippen LogP contribution is 2.64. The van der Waals surface area contributed by atoms with Crippen molar-refractivity contribution in [3.63, 3.8) is 0 Å². The normalized spacial score (nSPS) is 52.1. The van der Waals surface area contributed by atoms with Gasteiger partial charge in [0, 0.05) is 16.7 Å². The van der Waals surface area contributed by atoms with E-state index in [1.807, 2.05) is 6.92 Å². The first-order chi connectivity index (χ1) is 7.05. The van der Waals surface area contributed by atoms with Crippen LogP contribution in [-0.4, -0.2) is 10.7 Å². The van der Waals surface area contributed by atoms with Crippen LogP contribution in [0.1, 0.15) is 51.9 Å². The lowest BCUT2D eigenvalue weighted by atomic mass is 9.48. The van der Waals surface area contributed by atoms with Crippen molar-refractivity contribution in [2.75, 3.05) is 0 Å². The minimum atomic E-state index is -0.00505. The van der Waals surface area contributed by atoms with Crippen LogP contribution in [0.3, 0.4) is 0 Å². The molecule has 4 fully saturated rings. The number of alkyl halides is 1. The Balaban J connectivity index is 1.96. The zero-order chi connectivity index (χ0) is 10.7. The maximum absolute atomic E-state index is 12.1. The number of carbonyl (C=O) groups excluding carboxylic acids is 1. The Labute approximate surface area is 96.6 Å². The van der Waals surface area contributed by atoms with Gasteiger partial charge in [0.25, 0.3) is 0 Å². The van der Waals surface area contributed by atoms with Gasteiger partial charge in [-0.05, 0) is 50.4 Å². The Morgan fingerprint density at radius 2 is 1.87 bits per heavy atom. The Bertz CT molecular complexity index is 296. The number of halogens is 1.